The van der Waals surface area contributed by atoms with Gasteiger partial charge in [0.15, 0.2) is 6.04 Å². The van der Waals surface area contributed by atoms with Crippen molar-refractivity contribution in [1.82, 2.24) is 0 Å². The van der Waals surface area contributed by atoms with Crippen LogP contribution in [0.25, 0.3) is 0 Å². The monoisotopic (exact) mass is 355 g/mol. The Morgan fingerprint density at radius 3 is 2.44 bits per heavy atom. The van der Waals surface area contributed by atoms with Gasteiger partial charge in [-0.05, 0) is 30.5 Å². The van der Waals surface area contributed by atoms with Gasteiger partial charge in [0.1, 0.15) is 11.9 Å². The second kappa shape index (κ2) is 8.05. The fourth-order valence-electron chi connectivity index (χ4n) is 2.68. The summed E-state index contributed by atoms with van der Waals surface area (Å²) >= 11 is 1.66. The molecule has 0 spiro atoms. The second-order valence-electron chi connectivity index (χ2n) is 5.85. The SMILES string of the molecule is C[C@@H]([NH2+][C@@H](c1ccccc1)c1cccs1)C(=O)Nc1ccccc1F. The van der Waals surface area contributed by atoms with Gasteiger partial charge in [0.25, 0.3) is 5.91 Å². The number of hydrogen-bond acceptors (Lipinski definition) is 2. The number of carbonyl (C=O) groups is 1. The topological polar surface area (TPSA) is 45.7 Å². The van der Waals surface area contributed by atoms with Crippen molar-refractivity contribution in [3.8, 4) is 0 Å². The van der Waals surface area contributed by atoms with Gasteiger partial charge < -0.3 is 10.6 Å². The Hall–Kier alpha value is -2.50. The molecular weight excluding hydrogens is 335 g/mol. The molecule has 0 fully saturated rings. The van der Waals surface area contributed by atoms with Crippen LogP contribution in [0, 0.1) is 5.82 Å². The fourth-order valence-corrected chi connectivity index (χ4v) is 3.52. The Morgan fingerprint density at radius 2 is 1.76 bits per heavy atom. The zero-order valence-corrected chi connectivity index (χ0v) is 14.7. The van der Waals surface area contributed by atoms with Crippen LogP contribution in [0.1, 0.15) is 23.4 Å². The molecule has 0 saturated carbocycles. The predicted octanol–water partition coefficient (Wildman–Crippen LogP) is 3.57. The van der Waals surface area contributed by atoms with Crippen molar-refractivity contribution >= 4 is 22.9 Å². The van der Waals surface area contributed by atoms with E-state index in [0.717, 1.165) is 5.56 Å². The summed E-state index contributed by atoms with van der Waals surface area (Å²) < 4.78 is 13.7. The van der Waals surface area contributed by atoms with Gasteiger partial charge in [0, 0.05) is 5.56 Å². The minimum atomic E-state index is -0.430. The summed E-state index contributed by atoms with van der Waals surface area (Å²) in [6.07, 6.45) is 0. The average Bonchev–Trinajstić information content (AvgIpc) is 3.16. The van der Waals surface area contributed by atoms with Gasteiger partial charge in [-0.25, -0.2) is 4.39 Å². The highest BCUT2D eigenvalue weighted by Gasteiger charge is 2.25. The van der Waals surface area contributed by atoms with Crippen LogP contribution in [-0.4, -0.2) is 11.9 Å². The third-order valence-corrected chi connectivity index (χ3v) is 4.99. The molecule has 2 atom stereocenters. The first-order valence-corrected chi connectivity index (χ1v) is 9.02. The molecule has 5 heteroatoms. The number of nitrogens with two attached hydrogens (primary N) is 1. The van der Waals surface area contributed by atoms with Crippen molar-refractivity contribution in [3.63, 3.8) is 0 Å². The number of nitrogens with one attached hydrogen (secondary N) is 1. The van der Waals surface area contributed by atoms with Crippen molar-refractivity contribution in [2.75, 3.05) is 5.32 Å². The molecule has 0 unspecified atom stereocenters. The van der Waals surface area contributed by atoms with Gasteiger partial charge in [-0.1, -0.05) is 48.5 Å². The van der Waals surface area contributed by atoms with Crippen molar-refractivity contribution in [3.05, 3.63) is 88.4 Å². The number of para-hydroxylation sites is 1. The summed E-state index contributed by atoms with van der Waals surface area (Å²) in [4.78, 5) is 13.7. The second-order valence-corrected chi connectivity index (χ2v) is 6.83. The first-order chi connectivity index (χ1) is 12.1. The van der Waals surface area contributed by atoms with Crippen LogP contribution in [-0.2, 0) is 4.79 Å². The Labute approximate surface area is 150 Å². The lowest BCUT2D eigenvalue weighted by molar-refractivity contribution is -0.703. The molecule has 0 aliphatic heterocycles. The largest absolute Gasteiger partial charge is 0.326 e. The minimum Gasteiger partial charge on any atom is -0.326 e. The molecule has 0 aliphatic rings. The molecular formula is C20H20FN2OS+. The van der Waals surface area contributed by atoms with Crippen LogP contribution in [0.15, 0.2) is 72.1 Å². The molecule has 0 saturated heterocycles. The van der Waals surface area contributed by atoms with Crippen molar-refractivity contribution in [1.29, 1.82) is 0 Å². The summed E-state index contributed by atoms with van der Waals surface area (Å²) in [7, 11) is 0. The van der Waals surface area contributed by atoms with Crippen LogP contribution >= 0.6 is 11.3 Å². The molecule has 3 N–H and O–H groups in total. The summed E-state index contributed by atoms with van der Waals surface area (Å²) in [6.45, 7) is 1.83. The maximum atomic E-state index is 13.7. The molecule has 128 valence electrons. The normalized spacial score (nSPS) is 13.2. The highest BCUT2D eigenvalue weighted by molar-refractivity contribution is 7.10. The van der Waals surface area contributed by atoms with Crippen molar-refractivity contribution in [2.24, 2.45) is 0 Å². The smallest absolute Gasteiger partial charge is 0.282 e. The molecule has 0 bridgehead atoms. The number of benzene rings is 2. The van der Waals surface area contributed by atoms with Crippen LogP contribution in [0.3, 0.4) is 0 Å². The van der Waals surface area contributed by atoms with Crippen LogP contribution < -0.4 is 10.6 Å². The van der Waals surface area contributed by atoms with E-state index in [-0.39, 0.29) is 23.7 Å². The van der Waals surface area contributed by atoms with E-state index in [1.165, 1.54) is 10.9 Å². The molecule has 3 nitrogen and oxygen atoms in total. The van der Waals surface area contributed by atoms with E-state index in [0.29, 0.717) is 0 Å². The van der Waals surface area contributed by atoms with Gasteiger partial charge >= 0.3 is 0 Å². The van der Waals surface area contributed by atoms with E-state index in [9.17, 15) is 9.18 Å². The first kappa shape index (κ1) is 17.3. The zero-order valence-electron chi connectivity index (χ0n) is 13.9. The maximum absolute atomic E-state index is 13.7. The van der Waals surface area contributed by atoms with Crippen LogP contribution in [0.5, 0.6) is 0 Å². The van der Waals surface area contributed by atoms with Gasteiger partial charge in [0.05, 0.1) is 10.6 Å². The third kappa shape index (κ3) is 4.32. The Bertz CT molecular complexity index is 821. The van der Waals surface area contributed by atoms with Gasteiger partial charge in [0.2, 0.25) is 0 Å². The highest BCUT2D eigenvalue weighted by Crippen LogP contribution is 2.22. The standard InChI is InChI=1S/C20H19FN2OS/c1-14(20(24)23-17-11-6-5-10-16(17)21)22-19(18-12-7-13-25-18)15-8-3-2-4-9-15/h2-14,19,22H,1H3,(H,23,24)/p+1/t14-,19+/m1/s1. The lowest BCUT2D eigenvalue weighted by Gasteiger charge is -2.19. The number of halogens is 1. The fraction of sp³-hybridized carbons (Fsp3) is 0.150. The number of anilines is 1. The first-order valence-electron chi connectivity index (χ1n) is 8.14. The Morgan fingerprint density at radius 1 is 1.04 bits per heavy atom. The van der Waals surface area contributed by atoms with E-state index in [2.05, 4.69) is 23.5 Å². The number of rotatable bonds is 6. The van der Waals surface area contributed by atoms with Crippen LogP contribution in [0.4, 0.5) is 10.1 Å². The predicted molar refractivity (Wildman–Crippen MR) is 99.0 cm³/mol. The number of thiophene rings is 1. The molecule has 2 aromatic carbocycles. The van der Waals surface area contributed by atoms with Crippen molar-refractivity contribution < 1.29 is 14.5 Å². The number of amides is 1. The van der Waals surface area contributed by atoms with Crippen LogP contribution in [0.2, 0.25) is 0 Å². The van der Waals surface area contributed by atoms with E-state index in [1.807, 2.05) is 41.9 Å². The lowest BCUT2D eigenvalue weighted by Crippen LogP contribution is -2.92. The number of carbonyl (C=O) groups excluding carboxylic acids is 1. The Balaban J connectivity index is 1.75. The minimum absolute atomic E-state index is 0.0302. The summed E-state index contributed by atoms with van der Waals surface area (Å²) in [5, 5.41) is 6.71. The summed E-state index contributed by atoms with van der Waals surface area (Å²) in [5.41, 5.74) is 1.34. The molecule has 0 aliphatic carbocycles. The maximum Gasteiger partial charge on any atom is 0.282 e. The molecule has 1 heterocycles. The van der Waals surface area contributed by atoms with Gasteiger partial charge in [-0.3, -0.25) is 4.79 Å². The highest BCUT2D eigenvalue weighted by atomic mass is 32.1. The molecule has 1 aromatic heterocycles. The molecule has 25 heavy (non-hydrogen) atoms. The zero-order chi connectivity index (χ0) is 17.6. The van der Waals surface area contributed by atoms with Gasteiger partial charge in [-0.15, -0.1) is 11.3 Å². The van der Waals surface area contributed by atoms with E-state index in [1.54, 1.807) is 29.5 Å². The molecule has 3 aromatic rings. The molecule has 0 radical (unpaired) electrons. The summed E-state index contributed by atoms with van der Waals surface area (Å²) in [5.74, 6) is -0.650. The number of quaternary nitrogens is 1. The number of hydrogen-bond donors (Lipinski definition) is 2. The average molecular weight is 355 g/mol. The lowest BCUT2D eigenvalue weighted by atomic mass is 10.0. The Kier molecular flexibility index (Phi) is 5.58. The molecule has 1 amide bonds. The third-order valence-electron chi connectivity index (χ3n) is 4.03. The van der Waals surface area contributed by atoms with E-state index in [4.69, 9.17) is 0 Å². The quantitative estimate of drug-likeness (QED) is 0.698. The van der Waals surface area contributed by atoms with E-state index < -0.39 is 5.82 Å². The molecule has 3 rings (SSSR count). The van der Waals surface area contributed by atoms with Crippen molar-refractivity contribution in [2.45, 2.75) is 19.0 Å². The van der Waals surface area contributed by atoms with Gasteiger partial charge in [-0.2, -0.15) is 0 Å². The van der Waals surface area contributed by atoms with E-state index >= 15 is 0 Å². The summed E-state index contributed by atoms with van der Waals surface area (Å²) in [6, 6.07) is 20.0.